The fourth-order valence-corrected chi connectivity index (χ4v) is 4.09. The van der Waals surface area contributed by atoms with Gasteiger partial charge >= 0.3 is 0 Å². The second-order valence-electron chi connectivity index (χ2n) is 8.58. The monoisotopic (exact) mass is 454 g/mol. The number of carbonyl (C=O) groups excluding carboxylic acids is 1. The highest BCUT2D eigenvalue weighted by molar-refractivity contribution is 5.99. The number of rotatable bonds is 7. The van der Waals surface area contributed by atoms with E-state index in [1.54, 1.807) is 6.07 Å². The van der Waals surface area contributed by atoms with Gasteiger partial charge in [0.25, 0.3) is 5.91 Å². The maximum Gasteiger partial charge on any atom is 0.256 e. The van der Waals surface area contributed by atoms with E-state index in [9.17, 15) is 10.1 Å². The molecule has 2 aromatic heterocycles. The Morgan fingerprint density at radius 2 is 2.06 bits per heavy atom. The number of pyridine rings is 1. The lowest BCUT2D eigenvalue weighted by atomic mass is 10.0. The molecule has 1 aliphatic heterocycles. The summed E-state index contributed by atoms with van der Waals surface area (Å²) in [6, 6.07) is 14.1. The summed E-state index contributed by atoms with van der Waals surface area (Å²) in [6.45, 7) is 4.18. The quantitative estimate of drug-likeness (QED) is 0.428. The molecule has 9 heteroatoms. The lowest BCUT2D eigenvalue weighted by Gasteiger charge is -2.18. The molecule has 3 heterocycles. The Kier molecular flexibility index (Phi) is 5.82. The van der Waals surface area contributed by atoms with Crippen LogP contribution in [-0.4, -0.2) is 33.9 Å². The molecule has 0 spiro atoms. The number of nitrogens with zero attached hydrogens (tertiary/aromatic N) is 4. The van der Waals surface area contributed by atoms with Gasteiger partial charge in [-0.25, -0.2) is 9.97 Å². The van der Waals surface area contributed by atoms with Crippen LogP contribution in [0, 0.1) is 11.3 Å². The SMILES string of the molecule is CCNC(=O)c1cnc(Nc2ccc3c(c2)CCNC3)nc1Nc1cccc(C2(C#N)CC2)n1. The van der Waals surface area contributed by atoms with E-state index in [0.29, 0.717) is 29.7 Å². The molecule has 2 aliphatic rings. The van der Waals surface area contributed by atoms with Gasteiger partial charge in [-0.1, -0.05) is 12.1 Å². The van der Waals surface area contributed by atoms with Crippen molar-refractivity contribution in [3.63, 3.8) is 0 Å². The first kappa shape index (κ1) is 21.8. The number of hydrogen-bond acceptors (Lipinski definition) is 8. The average Bonchev–Trinajstić information content (AvgIpc) is 3.66. The van der Waals surface area contributed by atoms with Gasteiger partial charge in [-0.2, -0.15) is 10.2 Å². The number of nitriles is 1. The number of carbonyl (C=O) groups is 1. The van der Waals surface area contributed by atoms with Gasteiger partial charge in [0.2, 0.25) is 5.95 Å². The van der Waals surface area contributed by atoms with Crippen molar-refractivity contribution in [2.24, 2.45) is 0 Å². The zero-order valence-corrected chi connectivity index (χ0v) is 19.0. The van der Waals surface area contributed by atoms with Gasteiger partial charge < -0.3 is 21.3 Å². The minimum Gasteiger partial charge on any atom is -0.352 e. The molecule has 1 fully saturated rings. The molecule has 172 valence electrons. The summed E-state index contributed by atoms with van der Waals surface area (Å²) in [4.78, 5) is 26.2. The predicted octanol–water partition coefficient (Wildman–Crippen LogP) is 3.31. The van der Waals surface area contributed by atoms with Crippen LogP contribution in [0.2, 0.25) is 0 Å². The minimum absolute atomic E-state index is 0.273. The number of aromatic nitrogens is 3. The standard InChI is InChI=1S/C25H26N8O/c1-2-28-23(34)19-14-29-24(30-18-7-6-17-13-27-11-8-16(17)12-18)33-22(19)32-21-5-3-4-20(31-21)25(15-26)9-10-25/h3-7,12,14,27H,2,8-11,13H2,1H3,(H,28,34)(H2,29,30,31,32,33). The topological polar surface area (TPSA) is 128 Å². The molecule has 4 N–H and O–H groups in total. The van der Waals surface area contributed by atoms with Crippen molar-refractivity contribution in [2.75, 3.05) is 23.7 Å². The third-order valence-corrected chi connectivity index (χ3v) is 6.17. The Morgan fingerprint density at radius 3 is 2.85 bits per heavy atom. The van der Waals surface area contributed by atoms with Gasteiger partial charge in [0.05, 0.1) is 17.2 Å². The largest absolute Gasteiger partial charge is 0.352 e. The number of anilines is 4. The van der Waals surface area contributed by atoms with Crippen molar-refractivity contribution < 1.29 is 4.79 Å². The summed E-state index contributed by atoms with van der Waals surface area (Å²) in [5, 5.41) is 22.1. The summed E-state index contributed by atoms with van der Waals surface area (Å²) in [5.74, 6) is 0.966. The Labute approximate surface area is 198 Å². The zero-order chi connectivity index (χ0) is 23.5. The first-order chi connectivity index (χ1) is 16.6. The fraction of sp³-hybridized carbons (Fsp3) is 0.320. The van der Waals surface area contributed by atoms with Crippen molar-refractivity contribution >= 4 is 29.2 Å². The lowest BCUT2D eigenvalue weighted by Crippen LogP contribution is -2.24. The van der Waals surface area contributed by atoms with E-state index < -0.39 is 5.41 Å². The minimum atomic E-state index is -0.500. The summed E-state index contributed by atoms with van der Waals surface area (Å²) in [7, 11) is 0. The van der Waals surface area contributed by atoms with Gasteiger partial charge in [-0.3, -0.25) is 4.79 Å². The van der Waals surface area contributed by atoms with E-state index in [0.717, 1.165) is 43.7 Å². The Morgan fingerprint density at radius 1 is 1.18 bits per heavy atom. The summed E-state index contributed by atoms with van der Waals surface area (Å²) in [6.07, 6.45) is 4.10. The Hall–Kier alpha value is -4.03. The average molecular weight is 455 g/mol. The van der Waals surface area contributed by atoms with Crippen molar-refractivity contribution in [1.29, 1.82) is 5.26 Å². The highest BCUT2D eigenvalue weighted by Crippen LogP contribution is 2.46. The first-order valence-electron chi connectivity index (χ1n) is 11.5. The highest BCUT2D eigenvalue weighted by Gasteiger charge is 2.46. The molecular formula is C25H26N8O. The third kappa shape index (κ3) is 4.40. The van der Waals surface area contributed by atoms with E-state index in [1.165, 1.54) is 17.3 Å². The van der Waals surface area contributed by atoms with Gasteiger partial charge in [0.1, 0.15) is 17.2 Å². The van der Waals surface area contributed by atoms with E-state index in [1.807, 2.05) is 25.1 Å². The van der Waals surface area contributed by atoms with E-state index in [4.69, 9.17) is 0 Å². The van der Waals surface area contributed by atoms with Crippen LogP contribution in [0.5, 0.6) is 0 Å². The van der Waals surface area contributed by atoms with Crippen LogP contribution in [0.4, 0.5) is 23.3 Å². The van der Waals surface area contributed by atoms with Crippen LogP contribution in [-0.2, 0) is 18.4 Å². The van der Waals surface area contributed by atoms with Crippen molar-refractivity contribution in [3.8, 4) is 6.07 Å². The fourth-order valence-electron chi connectivity index (χ4n) is 4.09. The summed E-state index contributed by atoms with van der Waals surface area (Å²) in [5.41, 5.74) is 4.03. The van der Waals surface area contributed by atoms with Crippen molar-refractivity contribution in [1.82, 2.24) is 25.6 Å². The molecule has 1 amide bonds. The van der Waals surface area contributed by atoms with Crippen LogP contribution in [0.1, 0.15) is 46.9 Å². The number of fused-ring (bicyclic) bond motifs is 1. The van der Waals surface area contributed by atoms with E-state index >= 15 is 0 Å². The molecule has 3 aromatic rings. The van der Waals surface area contributed by atoms with Gasteiger partial charge in [-0.05, 0) is 68.1 Å². The van der Waals surface area contributed by atoms with Crippen LogP contribution >= 0.6 is 0 Å². The van der Waals surface area contributed by atoms with Crippen LogP contribution in [0.15, 0.2) is 42.6 Å². The summed E-state index contributed by atoms with van der Waals surface area (Å²) < 4.78 is 0. The molecule has 34 heavy (non-hydrogen) atoms. The van der Waals surface area contributed by atoms with Gasteiger partial charge in [-0.15, -0.1) is 0 Å². The van der Waals surface area contributed by atoms with Crippen molar-refractivity contribution in [3.05, 3.63) is 65.0 Å². The number of amides is 1. The van der Waals surface area contributed by atoms with E-state index in [-0.39, 0.29) is 5.91 Å². The van der Waals surface area contributed by atoms with Crippen LogP contribution < -0.4 is 21.3 Å². The van der Waals surface area contributed by atoms with Crippen LogP contribution in [0.3, 0.4) is 0 Å². The maximum absolute atomic E-state index is 12.6. The van der Waals surface area contributed by atoms with Gasteiger partial charge in [0, 0.05) is 25.0 Å². The molecule has 0 saturated heterocycles. The van der Waals surface area contributed by atoms with Crippen molar-refractivity contribution in [2.45, 2.75) is 38.1 Å². The molecule has 0 bridgehead atoms. The second kappa shape index (κ2) is 9.08. The molecule has 9 nitrogen and oxygen atoms in total. The number of hydrogen-bond donors (Lipinski definition) is 4. The van der Waals surface area contributed by atoms with Crippen LogP contribution in [0.25, 0.3) is 0 Å². The number of nitrogens with one attached hydrogen (secondary N) is 4. The Bertz CT molecular complexity index is 1280. The Balaban J connectivity index is 1.44. The summed E-state index contributed by atoms with van der Waals surface area (Å²) >= 11 is 0. The zero-order valence-electron chi connectivity index (χ0n) is 19.0. The second-order valence-corrected chi connectivity index (χ2v) is 8.58. The molecule has 0 radical (unpaired) electrons. The molecular weight excluding hydrogens is 428 g/mol. The molecule has 1 saturated carbocycles. The lowest BCUT2D eigenvalue weighted by molar-refractivity contribution is 0.0956. The molecule has 5 rings (SSSR count). The predicted molar refractivity (Wildman–Crippen MR) is 129 cm³/mol. The smallest absolute Gasteiger partial charge is 0.256 e. The molecule has 1 aliphatic carbocycles. The molecule has 0 atom stereocenters. The number of benzene rings is 1. The highest BCUT2D eigenvalue weighted by atomic mass is 16.1. The normalized spacial score (nSPS) is 15.5. The third-order valence-electron chi connectivity index (χ3n) is 6.17. The maximum atomic E-state index is 12.6. The van der Waals surface area contributed by atoms with E-state index in [2.05, 4.69) is 54.4 Å². The molecule has 1 aromatic carbocycles. The van der Waals surface area contributed by atoms with Gasteiger partial charge in [0.15, 0.2) is 0 Å². The first-order valence-corrected chi connectivity index (χ1v) is 11.5. The molecule has 0 unspecified atom stereocenters.